The summed E-state index contributed by atoms with van der Waals surface area (Å²) >= 11 is 0.973. The fraction of sp³-hybridized carbons (Fsp3) is 0.429. The molecule has 2 aromatic rings. The minimum atomic E-state index is -4.56. The minimum Gasteiger partial charge on any atom is -0.497 e. The number of hydrogen-bond donors (Lipinski definition) is 1. The molecule has 6 nitrogen and oxygen atoms in total. The van der Waals surface area contributed by atoms with E-state index >= 15 is 0 Å². The first kappa shape index (κ1) is 18.4. The van der Waals surface area contributed by atoms with Gasteiger partial charge in [0.2, 0.25) is 5.82 Å². The van der Waals surface area contributed by atoms with Crippen LogP contribution in [0.3, 0.4) is 0 Å². The first-order valence-corrected chi connectivity index (χ1v) is 7.84. The van der Waals surface area contributed by atoms with Crippen LogP contribution >= 0.6 is 11.8 Å². The van der Waals surface area contributed by atoms with E-state index < -0.39 is 18.1 Å². The molecule has 0 saturated carbocycles. The second kappa shape index (κ2) is 7.75. The lowest BCUT2D eigenvalue weighted by Gasteiger charge is -2.12. The molecule has 1 atom stereocenters. The number of alkyl halides is 3. The Kier molecular flexibility index (Phi) is 5.94. The molecule has 1 heterocycles. The van der Waals surface area contributed by atoms with Gasteiger partial charge >= 0.3 is 6.18 Å². The van der Waals surface area contributed by atoms with Gasteiger partial charge in [-0.2, -0.15) is 13.2 Å². The van der Waals surface area contributed by atoms with Crippen LogP contribution in [0, 0.1) is 0 Å². The number of halogens is 3. The Morgan fingerprint density at radius 2 is 1.83 bits per heavy atom. The van der Waals surface area contributed by atoms with Crippen LogP contribution in [0.25, 0.3) is 0 Å². The lowest BCUT2D eigenvalue weighted by molar-refractivity contribution is -0.147. The lowest BCUT2D eigenvalue weighted by atomic mass is 10.3. The molecule has 0 radical (unpaired) electrons. The maximum atomic E-state index is 12.6. The number of nitrogens with zero attached hydrogens (tertiary/aromatic N) is 3. The fourth-order valence-corrected chi connectivity index (χ4v) is 2.59. The average Bonchev–Trinajstić information content (AvgIpc) is 2.92. The zero-order chi connectivity index (χ0) is 17.7. The van der Waals surface area contributed by atoms with Crippen molar-refractivity contribution in [1.29, 1.82) is 0 Å². The highest BCUT2D eigenvalue weighted by Crippen LogP contribution is 2.29. The number of benzene rings is 1. The number of aromatic nitrogens is 3. The molecule has 0 aliphatic rings. The molecule has 0 aliphatic heterocycles. The van der Waals surface area contributed by atoms with Gasteiger partial charge in [-0.3, -0.25) is 0 Å². The van der Waals surface area contributed by atoms with Crippen molar-refractivity contribution >= 4 is 11.8 Å². The van der Waals surface area contributed by atoms with Crippen molar-refractivity contribution in [3.05, 3.63) is 30.1 Å². The topological polar surface area (TPSA) is 69.4 Å². The third-order valence-electron chi connectivity index (χ3n) is 3.00. The third-order valence-corrected chi connectivity index (χ3v) is 4.16. The van der Waals surface area contributed by atoms with Gasteiger partial charge < -0.3 is 19.1 Å². The molecule has 0 spiro atoms. The zero-order valence-corrected chi connectivity index (χ0v) is 13.8. The van der Waals surface area contributed by atoms with Gasteiger partial charge in [-0.15, -0.1) is 10.2 Å². The summed E-state index contributed by atoms with van der Waals surface area (Å²) in [5.41, 5.74) is 0. The summed E-state index contributed by atoms with van der Waals surface area (Å²) < 4.78 is 49.1. The molecule has 0 aliphatic carbocycles. The number of aliphatic hydroxyl groups is 1. The van der Waals surface area contributed by atoms with Crippen LogP contribution in [0.2, 0.25) is 0 Å². The summed E-state index contributed by atoms with van der Waals surface area (Å²) in [6.07, 6.45) is -5.43. The first-order chi connectivity index (χ1) is 11.3. The van der Waals surface area contributed by atoms with Crippen molar-refractivity contribution in [3.8, 4) is 11.5 Å². The van der Waals surface area contributed by atoms with Gasteiger partial charge in [0.25, 0.3) is 0 Å². The summed E-state index contributed by atoms with van der Waals surface area (Å²) in [6, 6.07) is 6.82. The molecule has 0 amide bonds. The standard InChI is InChI=1S/C14H16F3N3O3S/c1-20-12(14(15,16)17)18-19-13(20)24-8-9(21)7-23-11-5-3-10(22-2)4-6-11/h3-6,9,21H,7-8H2,1-2H3/t9-/m1/s1. The molecular weight excluding hydrogens is 347 g/mol. The number of rotatable bonds is 7. The van der Waals surface area contributed by atoms with Crippen molar-refractivity contribution in [3.63, 3.8) is 0 Å². The third kappa shape index (κ3) is 4.78. The van der Waals surface area contributed by atoms with Gasteiger partial charge in [-0.25, -0.2) is 0 Å². The molecule has 2 rings (SSSR count). The van der Waals surface area contributed by atoms with Gasteiger partial charge in [0.15, 0.2) is 5.16 Å². The van der Waals surface area contributed by atoms with Gasteiger partial charge in [0, 0.05) is 12.8 Å². The molecule has 0 saturated heterocycles. The highest BCUT2D eigenvalue weighted by molar-refractivity contribution is 7.99. The molecule has 1 aromatic heterocycles. The van der Waals surface area contributed by atoms with Crippen molar-refractivity contribution in [2.45, 2.75) is 17.4 Å². The normalized spacial score (nSPS) is 12.9. The number of hydrogen-bond acceptors (Lipinski definition) is 6. The SMILES string of the molecule is COc1ccc(OC[C@@H](O)CSc2nnc(C(F)(F)F)n2C)cc1. The van der Waals surface area contributed by atoms with E-state index in [1.54, 1.807) is 31.4 Å². The minimum absolute atomic E-state index is 0.00328. The molecule has 1 aromatic carbocycles. The second-order valence-corrected chi connectivity index (χ2v) is 5.80. The monoisotopic (exact) mass is 363 g/mol. The molecular formula is C14H16F3N3O3S. The smallest absolute Gasteiger partial charge is 0.451 e. The zero-order valence-electron chi connectivity index (χ0n) is 12.9. The molecule has 24 heavy (non-hydrogen) atoms. The van der Waals surface area contributed by atoms with Gasteiger partial charge in [0.05, 0.1) is 13.2 Å². The van der Waals surface area contributed by atoms with E-state index in [0.717, 1.165) is 16.3 Å². The van der Waals surface area contributed by atoms with Crippen LogP contribution in [0.5, 0.6) is 11.5 Å². The molecule has 0 fully saturated rings. The Hall–Kier alpha value is -1.94. The summed E-state index contributed by atoms with van der Waals surface area (Å²) in [4.78, 5) is 0. The molecule has 0 unspecified atom stereocenters. The number of thioether (sulfide) groups is 1. The Morgan fingerprint density at radius 1 is 1.21 bits per heavy atom. The summed E-state index contributed by atoms with van der Waals surface area (Å²) in [7, 11) is 2.78. The largest absolute Gasteiger partial charge is 0.497 e. The maximum absolute atomic E-state index is 12.6. The van der Waals surface area contributed by atoms with Crippen molar-refractivity contribution in [1.82, 2.24) is 14.8 Å². The van der Waals surface area contributed by atoms with Crippen LogP contribution in [0.15, 0.2) is 29.4 Å². The van der Waals surface area contributed by atoms with E-state index in [2.05, 4.69) is 10.2 Å². The predicted molar refractivity (Wildman–Crippen MR) is 81.2 cm³/mol. The van der Waals surface area contributed by atoms with Crippen LogP contribution in [0.1, 0.15) is 5.82 Å². The first-order valence-electron chi connectivity index (χ1n) is 6.85. The highest BCUT2D eigenvalue weighted by atomic mass is 32.2. The molecule has 132 valence electrons. The molecule has 1 N–H and O–H groups in total. The van der Waals surface area contributed by atoms with E-state index in [9.17, 15) is 18.3 Å². The summed E-state index contributed by atoms with van der Waals surface area (Å²) in [5, 5.41) is 16.6. The Balaban J connectivity index is 1.82. The summed E-state index contributed by atoms with van der Waals surface area (Å²) in [5.74, 6) is 0.285. The van der Waals surface area contributed by atoms with E-state index in [1.807, 2.05) is 0 Å². The van der Waals surface area contributed by atoms with Crippen molar-refractivity contribution in [2.75, 3.05) is 19.5 Å². The van der Waals surface area contributed by atoms with E-state index in [-0.39, 0.29) is 17.5 Å². The molecule has 0 bridgehead atoms. The number of ether oxygens (including phenoxy) is 2. The quantitative estimate of drug-likeness (QED) is 0.762. The Morgan fingerprint density at radius 3 is 2.38 bits per heavy atom. The summed E-state index contributed by atoms with van der Waals surface area (Å²) in [6.45, 7) is 0.00328. The van der Waals surface area contributed by atoms with Crippen LogP contribution in [-0.4, -0.2) is 45.4 Å². The van der Waals surface area contributed by atoms with Crippen molar-refractivity contribution < 1.29 is 27.8 Å². The lowest BCUT2D eigenvalue weighted by Crippen LogP contribution is -2.20. The number of aliphatic hydroxyl groups excluding tert-OH is 1. The van der Waals surface area contributed by atoms with Crippen LogP contribution in [-0.2, 0) is 13.2 Å². The van der Waals surface area contributed by atoms with E-state index in [4.69, 9.17) is 9.47 Å². The van der Waals surface area contributed by atoms with Crippen LogP contribution < -0.4 is 9.47 Å². The maximum Gasteiger partial charge on any atom is 0.451 e. The van der Waals surface area contributed by atoms with E-state index in [0.29, 0.717) is 11.5 Å². The molecule has 10 heteroatoms. The Bertz CT molecular complexity index is 662. The van der Waals surface area contributed by atoms with Gasteiger partial charge in [-0.1, -0.05) is 11.8 Å². The van der Waals surface area contributed by atoms with Gasteiger partial charge in [-0.05, 0) is 24.3 Å². The van der Waals surface area contributed by atoms with Crippen molar-refractivity contribution in [2.24, 2.45) is 7.05 Å². The van der Waals surface area contributed by atoms with Gasteiger partial charge in [0.1, 0.15) is 18.1 Å². The van der Waals surface area contributed by atoms with Crippen LogP contribution in [0.4, 0.5) is 13.2 Å². The second-order valence-electron chi connectivity index (χ2n) is 4.81. The average molecular weight is 363 g/mol. The number of methoxy groups -OCH3 is 1. The highest BCUT2D eigenvalue weighted by Gasteiger charge is 2.37. The van der Waals surface area contributed by atoms with E-state index in [1.165, 1.54) is 7.05 Å². The predicted octanol–water partition coefficient (Wildman–Crippen LogP) is 2.37. The Labute approximate surface area is 140 Å². The fourth-order valence-electron chi connectivity index (χ4n) is 1.77.